The summed E-state index contributed by atoms with van der Waals surface area (Å²) >= 11 is 0. The Labute approximate surface area is 201 Å². The lowest BCUT2D eigenvalue weighted by Gasteiger charge is -2.30. The third-order valence-electron chi connectivity index (χ3n) is 7.78. The second-order valence-electron chi connectivity index (χ2n) is 10.2. The molecule has 2 nitrogen and oxygen atoms in total. The van der Waals surface area contributed by atoms with Crippen molar-refractivity contribution < 1.29 is 22.6 Å². The number of rotatable bonds is 8. The molecule has 2 aliphatic carbocycles. The van der Waals surface area contributed by atoms with Crippen molar-refractivity contribution in [2.45, 2.75) is 96.4 Å². The predicted molar refractivity (Wildman–Crippen MR) is 128 cm³/mol. The zero-order valence-corrected chi connectivity index (χ0v) is 20.4. The first-order chi connectivity index (χ1) is 16.5. The summed E-state index contributed by atoms with van der Waals surface area (Å²) in [6, 6.07) is 8.78. The first-order valence-corrected chi connectivity index (χ1v) is 12.9. The molecule has 2 saturated carbocycles. The lowest BCUT2D eigenvalue weighted by Crippen LogP contribution is -2.22. The highest BCUT2D eigenvalue weighted by Crippen LogP contribution is 2.40. The molecule has 34 heavy (non-hydrogen) atoms. The Morgan fingerprint density at radius 3 is 1.91 bits per heavy atom. The minimum atomic E-state index is -0.650. The van der Waals surface area contributed by atoms with E-state index in [1.54, 1.807) is 6.07 Å². The van der Waals surface area contributed by atoms with Gasteiger partial charge in [0.25, 0.3) is 0 Å². The molecule has 5 heteroatoms. The maximum atomic E-state index is 15.0. The van der Waals surface area contributed by atoms with E-state index in [-0.39, 0.29) is 30.4 Å². The molecule has 0 atom stereocenters. The van der Waals surface area contributed by atoms with E-state index in [1.807, 2.05) is 25.1 Å². The Morgan fingerprint density at radius 1 is 0.765 bits per heavy atom. The van der Waals surface area contributed by atoms with Crippen molar-refractivity contribution in [2.24, 2.45) is 5.92 Å². The molecular weight excluding hydrogens is 437 g/mol. The SMILES string of the molecule is CCOCc1ccc(COC2CCC(c3ccc(C4CCC(C)CC4)c(F)c3F)CC2)cc1F. The molecule has 186 valence electrons. The number of halogens is 3. The van der Waals surface area contributed by atoms with Gasteiger partial charge in [0.05, 0.1) is 19.3 Å². The van der Waals surface area contributed by atoms with E-state index in [9.17, 15) is 8.78 Å². The standard InChI is InChI=1S/C29H37F3O2/c1-3-33-18-23-9-6-20(16-27(23)30)17-34-24-12-10-22(11-13-24)26-15-14-25(28(31)29(26)32)21-7-4-19(2)5-8-21/h6,9,14-16,19,21-22,24H,3-5,7-8,10-13,17-18H2,1-2H3. The maximum Gasteiger partial charge on any atom is 0.162 e. The van der Waals surface area contributed by atoms with Crippen molar-refractivity contribution in [3.05, 3.63) is 70.0 Å². The fraction of sp³-hybridized carbons (Fsp3) is 0.586. The van der Waals surface area contributed by atoms with Crippen molar-refractivity contribution in [1.29, 1.82) is 0 Å². The van der Waals surface area contributed by atoms with Gasteiger partial charge in [0.1, 0.15) is 5.82 Å². The molecule has 0 unspecified atom stereocenters. The molecule has 2 fully saturated rings. The van der Waals surface area contributed by atoms with Gasteiger partial charge in [-0.2, -0.15) is 0 Å². The summed E-state index contributed by atoms with van der Waals surface area (Å²) in [6.07, 6.45) is 7.22. The van der Waals surface area contributed by atoms with E-state index in [1.165, 1.54) is 6.07 Å². The molecule has 0 heterocycles. The summed E-state index contributed by atoms with van der Waals surface area (Å²) in [5, 5.41) is 0. The van der Waals surface area contributed by atoms with E-state index in [4.69, 9.17) is 9.47 Å². The molecular formula is C29H37F3O2. The monoisotopic (exact) mass is 474 g/mol. The lowest BCUT2D eigenvalue weighted by molar-refractivity contribution is 0.0129. The van der Waals surface area contributed by atoms with Crippen LogP contribution in [0, 0.1) is 23.4 Å². The highest BCUT2D eigenvalue weighted by Gasteiger charge is 2.29. The van der Waals surface area contributed by atoms with Gasteiger partial charge < -0.3 is 9.47 Å². The van der Waals surface area contributed by atoms with Crippen molar-refractivity contribution in [3.63, 3.8) is 0 Å². The average Bonchev–Trinajstić information content (AvgIpc) is 2.85. The van der Waals surface area contributed by atoms with E-state index in [0.717, 1.165) is 56.9 Å². The number of hydrogen-bond donors (Lipinski definition) is 0. The third-order valence-corrected chi connectivity index (χ3v) is 7.78. The largest absolute Gasteiger partial charge is 0.377 e. The van der Waals surface area contributed by atoms with Gasteiger partial charge in [-0.3, -0.25) is 0 Å². The minimum Gasteiger partial charge on any atom is -0.377 e. The first-order valence-electron chi connectivity index (χ1n) is 12.9. The zero-order chi connectivity index (χ0) is 24.1. The van der Waals surface area contributed by atoms with Crippen LogP contribution >= 0.6 is 0 Å². The maximum absolute atomic E-state index is 15.0. The number of ether oxygens (including phenoxy) is 2. The van der Waals surface area contributed by atoms with Crippen LogP contribution in [-0.2, 0) is 22.7 Å². The van der Waals surface area contributed by atoms with Gasteiger partial charge in [-0.1, -0.05) is 44.0 Å². The Balaban J connectivity index is 1.30. The zero-order valence-electron chi connectivity index (χ0n) is 20.4. The van der Waals surface area contributed by atoms with Crippen molar-refractivity contribution in [1.82, 2.24) is 0 Å². The van der Waals surface area contributed by atoms with Gasteiger partial charge in [-0.25, -0.2) is 13.2 Å². The van der Waals surface area contributed by atoms with Crippen LogP contribution in [-0.4, -0.2) is 12.7 Å². The highest BCUT2D eigenvalue weighted by atomic mass is 19.2. The smallest absolute Gasteiger partial charge is 0.162 e. The molecule has 0 saturated heterocycles. The first kappa shape index (κ1) is 25.2. The van der Waals surface area contributed by atoms with E-state index < -0.39 is 11.6 Å². The Hall–Kier alpha value is -1.85. The normalized spacial score (nSPS) is 25.4. The summed E-state index contributed by atoms with van der Waals surface area (Å²) < 4.78 is 55.5. The van der Waals surface area contributed by atoms with Crippen molar-refractivity contribution >= 4 is 0 Å². The van der Waals surface area contributed by atoms with Gasteiger partial charge in [0.2, 0.25) is 0 Å². The van der Waals surface area contributed by atoms with Crippen LogP contribution in [0.25, 0.3) is 0 Å². The van der Waals surface area contributed by atoms with Gasteiger partial charge >= 0.3 is 0 Å². The van der Waals surface area contributed by atoms with Gasteiger partial charge in [-0.15, -0.1) is 0 Å². The van der Waals surface area contributed by atoms with Crippen LogP contribution < -0.4 is 0 Å². The Bertz CT molecular complexity index is 945. The van der Waals surface area contributed by atoms with E-state index >= 15 is 4.39 Å². The quantitative estimate of drug-likeness (QED) is 0.384. The van der Waals surface area contributed by atoms with Gasteiger partial charge in [-0.05, 0) is 86.0 Å². The summed E-state index contributed by atoms with van der Waals surface area (Å²) in [4.78, 5) is 0. The summed E-state index contributed by atoms with van der Waals surface area (Å²) in [5.41, 5.74) is 2.41. The molecule has 4 rings (SSSR count). The molecule has 2 aromatic rings. The average molecular weight is 475 g/mol. The van der Waals surface area contributed by atoms with E-state index in [2.05, 4.69) is 6.92 Å². The van der Waals surface area contributed by atoms with Crippen LogP contribution in [0.3, 0.4) is 0 Å². The lowest BCUT2D eigenvalue weighted by atomic mass is 9.77. The Kier molecular flexibility index (Phi) is 8.70. The van der Waals surface area contributed by atoms with Crippen LogP contribution in [0.2, 0.25) is 0 Å². The van der Waals surface area contributed by atoms with Crippen molar-refractivity contribution in [2.75, 3.05) is 6.61 Å². The van der Waals surface area contributed by atoms with Gasteiger partial charge in [0.15, 0.2) is 11.6 Å². The molecule has 0 amide bonds. The number of benzene rings is 2. The van der Waals surface area contributed by atoms with Crippen LogP contribution in [0.4, 0.5) is 13.2 Å². The molecule has 2 aliphatic rings. The molecule has 0 aromatic heterocycles. The second-order valence-corrected chi connectivity index (χ2v) is 10.2. The topological polar surface area (TPSA) is 18.5 Å². The Morgan fingerprint density at radius 2 is 1.35 bits per heavy atom. The van der Waals surface area contributed by atoms with Gasteiger partial charge in [0, 0.05) is 12.2 Å². The van der Waals surface area contributed by atoms with Crippen LogP contribution in [0.1, 0.15) is 99.3 Å². The molecule has 0 aliphatic heterocycles. The summed E-state index contributed by atoms with van der Waals surface area (Å²) in [6.45, 7) is 5.28. The molecule has 0 spiro atoms. The molecule has 0 radical (unpaired) electrons. The summed E-state index contributed by atoms with van der Waals surface area (Å²) in [5.74, 6) is -0.720. The fourth-order valence-corrected chi connectivity index (χ4v) is 5.55. The van der Waals surface area contributed by atoms with Crippen molar-refractivity contribution in [3.8, 4) is 0 Å². The molecule has 0 bridgehead atoms. The van der Waals surface area contributed by atoms with Crippen LogP contribution in [0.5, 0.6) is 0 Å². The third kappa shape index (κ3) is 6.04. The summed E-state index contributed by atoms with van der Waals surface area (Å²) in [7, 11) is 0. The minimum absolute atomic E-state index is 0.0186. The highest BCUT2D eigenvalue weighted by molar-refractivity contribution is 5.32. The molecule has 0 N–H and O–H groups in total. The molecule has 2 aromatic carbocycles. The van der Waals surface area contributed by atoms with Crippen LogP contribution in [0.15, 0.2) is 30.3 Å². The predicted octanol–water partition coefficient (Wildman–Crippen LogP) is 8.18. The van der Waals surface area contributed by atoms with E-state index in [0.29, 0.717) is 35.8 Å². The fourth-order valence-electron chi connectivity index (χ4n) is 5.55. The second kappa shape index (κ2) is 11.7. The number of hydrogen-bond acceptors (Lipinski definition) is 2.